The van der Waals surface area contributed by atoms with Crippen LogP contribution in [-0.2, 0) is 33.5 Å². The zero-order valence-corrected chi connectivity index (χ0v) is 17.9. The van der Waals surface area contributed by atoms with E-state index in [1.165, 1.54) is 0 Å². The van der Waals surface area contributed by atoms with Crippen LogP contribution in [0, 0.1) is 0 Å². The minimum atomic E-state index is -3.40. The lowest BCUT2D eigenvalue weighted by Gasteiger charge is -2.39. The minimum Gasteiger partial charge on any atom is -0.481 e. The van der Waals surface area contributed by atoms with Gasteiger partial charge in [-0.15, -0.1) is 0 Å². The molecule has 0 bridgehead atoms. The molecule has 3 rings (SSSR count). The first-order valence-electron chi connectivity index (χ1n) is 9.49. The third kappa shape index (κ3) is 5.79. The quantitative estimate of drug-likeness (QED) is 0.721. The van der Waals surface area contributed by atoms with E-state index in [1.807, 2.05) is 37.3 Å². The number of benzene rings is 2. The molecular weight excluding hydrogens is 412 g/mol. The van der Waals surface area contributed by atoms with Gasteiger partial charge in [-0.2, -0.15) is 4.31 Å². The molecule has 0 aliphatic carbocycles. The van der Waals surface area contributed by atoms with Gasteiger partial charge in [-0.25, -0.2) is 8.42 Å². The van der Waals surface area contributed by atoms with Crippen LogP contribution in [0.5, 0.6) is 0 Å². The summed E-state index contributed by atoms with van der Waals surface area (Å²) in [5, 5.41) is 9.70. The lowest BCUT2D eigenvalue weighted by Crippen LogP contribution is -2.53. The topological polar surface area (TPSA) is 77.9 Å². The number of rotatable bonds is 7. The Morgan fingerprint density at radius 2 is 1.86 bits per heavy atom. The predicted octanol–water partition coefficient (Wildman–Crippen LogP) is 3.00. The van der Waals surface area contributed by atoms with Crippen LogP contribution in [0.4, 0.5) is 0 Å². The average Bonchev–Trinajstić information content (AvgIpc) is 2.64. The van der Waals surface area contributed by atoms with Crippen LogP contribution in [0.25, 0.3) is 0 Å². The number of aliphatic carboxylic acids is 1. The molecule has 1 atom stereocenters. The van der Waals surface area contributed by atoms with Crippen molar-refractivity contribution in [1.82, 2.24) is 9.21 Å². The van der Waals surface area contributed by atoms with Crippen LogP contribution in [0.3, 0.4) is 0 Å². The SMILES string of the molecule is C[C@H]1CN(Cc2cc(Cl)ccc2CC(=O)O)CCN1S(=O)(=O)Cc1ccccc1. The summed E-state index contributed by atoms with van der Waals surface area (Å²) < 4.78 is 27.3. The molecule has 156 valence electrons. The first-order chi connectivity index (χ1) is 13.7. The van der Waals surface area contributed by atoms with E-state index in [4.69, 9.17) is 16.7 Å². The summed E-state index contributed by atoms with van der Waals surface area (Å²) in [7, 11) is -3.40. The lowest BCUT2D eigenvalue weighted by atomic mass is 10.0. The number of piperazine rings is 1. The second-order valence-corrected chi connectivity index (χ2v) is 9.78. The number of carboxylic acid groups (broad SMARTS) is 1. The lowest BCUT2D eigenvalue weighted by molar-refractivity contribution is -0.136. The molecule has 2 aromatic carbocycles. The van der Waals surface area contributed by atoms with E-state index in [1.54, 1.807) is 22.5 Å². The van der Waals surface area contributed by atoms with Gasteiger partial charge in [-0.1, -0.05) is 48.0 Å². The molecular formula is C21H25ClN2O4S. The van der Waals surface area contributed by atoms with E-state index in [2.05, 4.69) is 4.90 Å². The monoisotopic (exact) mass is 436 g/mol. The van der Waals surface area contributed by atoms with Crippen LogP contribution in [0.2, 0.25) is 5.02 Å². The van der Waals surface area contributed by atoms with Crippen molar-refractivity contribution in [2.24, 2.45) is 0 Å². The Balaban J connectivity index is 1.68. The largest absolute Gasteiger partial charge is 0.481 e. The Kier molecular flexibility index (Phi) is 6.95. The maximum Gasteiger partial charge on any atom is 0.307 e. The van der Waals surface area contributed by atoms with Gasteiger partial charge >= 0.3 is 5.97 Å². The van der Waals surface area contributed by atoms with Crippen molar-refractivity contribution in [3.8, 4) is 0 Å². The summed E-state index contributed by atoms with van der Waals surface area (Å²) >= 11 is 6.11. The van der Waals surface area contributed by atoms with Crippen LogP contribution >= 0.6 is 11.6 Å². The highest BCUT2D eigenvalue weighted by atomic mass is 35.5. The third-order valence-corrected chi connectivity index (χ3v) is 7.29. The van der Waals surface area contributed by atoms with Crippen molar-refractivity contribution >= 4 is 27.6 Å². The fourth-order valence-corrected chi connectivity index (χ4v) is 5.71. The van der Waals surface area contributed by atoms with Crippen molar-refractivity contribution in [2.75, 3.05) is 19.6 Å². The zero-order valence-electron chi connectivity index (χ0n) is 16.3. The summed E-state index contributed by atoms with van der Waals surface area (Å²) in [6.45, 7) is 4.01. The van der Waals surface area contributed by atoms with Crippen LogP contribution in [0.15, 0.2) is 48.5 Å². The molecule has 1 heterocycles. The number of hydrogen-bond donors (Lipinski definition) is 1. The van der Waals surface area contributed by atoms with Gasteiger partial charge < -0.3 is 5.11 Å². The molecule has 0 unspecified atom stereocenters. The van der Waals surface area contributed by atoms with Gasteiger partial charge in [-0.3, -0.25) is 9.69 Å². The first kappa shape index (κ1) is 21.8. The molecule has 0 amide bonds. The second kappa shape index (κ2) is 9.26. The predicted molar refractivity (Wildman–Crippen MR) is 113 cm³/mol. The molecule has 1 aliphatic heterocycles. The summed E-state index contributed by atoms with van der Waals surface area (Å²) in [4.78, 5) is 13.3. The standard InChI is InChI=1S/C21H25ClN2O4S/c1-16-13-23(14-19-11-20(22)8-7-18(19)12-21(25)26)9-10-24(16)29(27,28)15-17-5-3-2-4-6-17/h2-8,11,16H,9-10,12-15H2,1H3,(H,25,26)/t16-/m0/s1. The van der Waals surface area contributed by atoms with Gasteiger partial charge in [-0.05, 0) is 35.7 Å². The highest BCUT2D eigenvalue weighted by Crippen LogP contribution is 2.22. The van der Waals surface area contributed by atoms with E-state index in [9.17, 15) is 13.2 Å². The molecule has 0 spiro atoms. The molecule has 29 heavy (non-hydrogen) atoms. The first-order valence-corrected chi connectivity index (χ1v) is 11.5. The smallest absolute Gasteiger partial charge is 0.307 e. The average molecular weight is 437 g/mol. The zero-order chi connectivity index (χ0) is 21.0. The van der Waals surface area contributed by atoms with E-state index >= 15 is 0 Å². The number of nitrogens with zero attached hydrogens (tertiary/aromatic N) is 2. The summed E-state index contributed by atoms with van der Waals surface area (Å²) in [5.41, 5.74) is 2.38. The number of carboxylic acids is 1. The van der Waals surface area contributed by atoms with E-state index in [0.717, 1.165) is 16.7 Å². The van der Waals surface area contributed by atoms with Crippen LogP contribution in [0.1, 0.15) is 23.6 Å². The third-order valence-electron chi connectivity index (χ3n) is 5.10. The molecule has 2 aromatic rings. The van der Waals surface area contributed by atoms with E-state index in [-0.39, 0.29) is 18.2 Å². The highest BCUT2D eigenvalue weighted by molar-refractivity contribution is 7.88. The highest BCUT2D eigenvalue weighted by Gasteiger charge is 2.32. The Labute approximate surface area is 176 Å². The molecule has 1 saturated heterocycles. The fourth-order valence-electron chi connectivity index (χ4n) is 3.76. The van der Waals surface area contributed by atoms with Gasteiger partial charge in [0, 0.05) is 37.2 Å². The maximum atomic E-state index is 12.9. The number of sulfonamides is 1. The van der Waals surface area contributed by atoms with Crippen molar-refractivity contribution in [1.29, 1.82) is 0 Å². The Morgan fingerprint density at radius 3 is 2.52 bits per heavy atom. The number of hydrogen-bond acceptors (Lipinski definition) is 4. The van der Waals surface area contributed by atoms with Crippen LogP contribution in [-0.4, -0.2) is 54.4 Å². The molecule has 1 aliphatic rings. The van der Waals surface area contributed by atoms with Gasteiger partial charge in [0.15, 0.2) is 0 Å². The molecule has 0 radical (unpaired) electrons. The van der Waals surface area contributed by atoms with Crippen molar-refractivity contribution < 1.29 is 18.3 Å². The molecule has 0 aromatic heterocycles. The van der Waals surface area contributed by atoms with Gasteiger partial charge in [0.2, 0.25) is 10.0 Å². The molecule has 1 N–H and O–H groups in total. The number of halogens is 1. The maximum absolute atomic E-state index is 12.9. The normalized spacial score (nSPS) is 18.6. The molecule has 8 heteroatoms. The summed E-state index contributed by atoms with van der Waals surface area (Å²) in [5.74, 6) is -0.895. The molecule has 1 fully saturated rings. The second-order valence-electron chi connectivity index (χ2n) is 7.42. The molecule has 0 saturated carbocycles. The Morgan fingerprint density at radius 1 is 1.14 bits per heavy atom. The van der Waals surface area contributed by atoms with Crippen molar-refractivity contribution in [3.05, 3.63) is 70.2 Å². The number of carbonyl (C=O) groups is 1. The van der Waals surface area contributed by atoms with E-state index in [0.29, 0.717) is 31.2 Å². The Hall–Kier alpha value is -1.93. The van der Waals surface area contributed by atoms with Crippen molar-refractivity contribution in [3.63, 3.8) is 0 Å². The van der Waals surface area contributed by atoms with Crippen LogP contribution < -0.4 is 0 Å². The van der Waals surface area contributed by atoms with Gasteiger partial charge in [0.05, 0.1) is 12.2 Å². The van der Waals surface area contributed by atoms with Crippen molar-refractivity contribution in [2.45, 2.75) is 31.7 Å². The van der Waals surface area contributed by atoms with E-state index < -0.39 is 16.0 Å². The van der Waals surface area contributed by atoms with Gasteiger partial charge in [0.1, 0.15) is 0 Å². The minimum absolute atomic E-state index is 0.00473. The summed E-state index contributed by atoms with van der Waals surface area (Å²) in [6, 6.07) is 14.3. The summed E-state index contributed by atoms with van der Waals surface area (Å²) in [6.07, 6.45) is -0.0620. The molecule has 6 nitrogen and oxygen atoms in total. The Bertz CT molecular complexity index is 966. The van der Waals surface area contributed by atoms with Gasteiger partial charge in [0.25, 0.3) is 0 Å². The fraction of sp³-hybridized carbons (Fsp3) is 0.381.